The van der Waals surface area contributed by atoms with E-state index in [0.29, 0.717) is 0 Å². The van der Waals surface area contributed by atoms with Crippen molar-refractivity contribution in [2.24, 2.45) is 0 Å². The number of anilines is 4. The van der Waals surface area contributed by atoms with Gasteiger partial charge in [0.15, 0.2) is 0 Å². The molecule has 0 aliphatic rings. The van der Waals surface area contributed by atoms with Gasteiger partial charge in [-0.15, -0.1) is 0 Å². The Balaban J connectivity index is 1.60. The standard InChI is InChI=1S/C20H26N4O2/c1-15(25)23-19-9-5-17(6-10-19)21-13-3-4-14-22-18-7-11-20(12-8-18)24-16(2)26/h5-12,21-22H,3-4,13-14H2,1-2H3,(H,23,25)(H,24,26). The number of rotatable bonds is 9. The van der Waals surface area contributed by atoms with E-state index in [1.165, 1.54) is 13.8 Å². The molecule has 0 unspecified atom stereocenters. The molecule has 26 heavy (non-hydrogen) atoms. The molecule has 2 aromatic rings. The molecule has 138 valence electrons. The van der Waals surface area contributed by atoms with Crippen molar-refractivity contribution in [3.63, 3.8) is 0 Å². The maximum absolute atomic E-state index is 11.0. The van der Waals surface area contributed by atoms with Crippen molar-refractivity contribution in [2.75, 3.05) is 34.4 Å². The Hall–Kier alpha value is -3.02. The first-order valence-electron chi connectivity index (χ1n) is 8.76. The molecular formula is C20H26N4O2. The quantitative estimate of drug-likeness (QED) is 0.515. The molecule has 0 heterocycles. The second kappa shape index (κ2) is 10.1. The highest BCUT2D eigenvalue weighted by Gasteiger charge is 1.98. The molecule has 0 atom stereocenters. The molecule has 2 aromatic carbocycles. The summed E-state index contributed by atoms with van der Waals surface area (Å²) in [6.07, 6.45) is 2.09. The van der Waals surface area contributed by atoms with Gasteiger partial charge in [0.2, 0.25) is 11.8 Å². The fraction of sp³-hybridized carbons (Fsp3) is 0.300. The third kappa shape index (κ3) is 7.25. The van der Waals surface area contributed by atoms with Crippen molar-refractivity contribution >= 4 is 34.6 Å². The van der Waals surface area contributed by atoms with E-state index >= 15 is 0 Å². The van der Waals surface area contributed by atoms with Gasteiger partial charge in [0, 0.05) is 49.7 Å². The van der Waals surface area contributed by atoms with Gasteiger partial charge in [-0.1, -0.05) is 0 Å². The molecule has 2 rings (SSSR count). The average Bonchev–Trinajstić information content (AvgIpc) is 2.60. The Kier molecular flexibility index (Phi) is 7.49. The summed E-state index contributed by atoms with van der Waals surface area (Å²) in [5, 5.41) is 12.2. The maximum Gasteiger partial charge on any atom is 0.221 e. The fourth-order valence-corrected chi connectivity index (χ4v) is 2.46. The number of nitrogens with one attached hydrogen (secondary N) is 4. The lowest BCUT2D eigenvalue weighted by Crippen LogP contribution is -2.08. The molecule has 0 aliphatic heterocycles. The Bertz CT molecular complexity index is 648. The van der Waals surface area contributed by atoms with Crippen LogP contribution in [0.25, 0.3) is 0 Å². The topological polar surface area (TPSA) is 82.3 Å². The lowest BCUT2D eigenvalue weighted by atomic mass is 10.2. The molecule has 0 saturated carbocycles. The highest BCUT2D eigenvalue weighted by atomic mass is 16.2. The number of carbonyl (C=O) groups excluding carboxylic acids is 2. The van der Waals surface area contributed by atoms with Crippen LogP contribution in [-0.2, 0) is 9.59 Å². The van der Waals surface area contributed by atoms with Crippen molar-refractivity contribution in [3.8, 4) is 0 Å². The largest absolute Gasteiger partial charge is 0.385 e. The summed E-state index contributed by atoms with van der Waals surface area (Å²) in [7, 11) is 0. The number of carbonyl (C=O) groups is 2. The summed E-state index contributed by atoms with van der Waals surface area (Å²) >= 11 is 0. The fourth-order valence-electron chi connectivity index (χ4n) is 2.46. The minimum absolute atomic E-state index is 0.0667. The Morgan fingerprint density at radius 2 is 0.923 bits per heavy atom. The van der Waals surface area contributed by atoms with Gasteiger partial charge < -0.3 is 21.3 Å². The van der Waals surface area contributed by atoms with Crippen molar-refractivity contribution in [1.82, 2.24) is 0 Å². The van der Waals surface area contributed by atoms with Crippen LogP contribution in [-0.4, -0.2) is 24.9 Å². The van der Waals surface area contributed by atoms with Crippen molar-refractivity contribution in [2.45, 2.75) is 26.7 Å². The van der Waals surface area contributed by atoms with Crippen LogP contribution in [0.4, 0.5) is 22.7 Å². The predicted molar refractivity (Wildman–Crippen MR) is 108 cm³/mol. The van der Waals surface area contributed by atoms with E-state index in [1.807, 2.05) is 48.5 Å². The van der Waals surface area contributed by atoms with Crippen LogP contribution < -0.4 is 21.3 Å². The molecule has 0 aliphatic carbocycles. The zero-order chi connectivity index (χ0) is 18.8. The number of hydrogen-bond acceptors (Lipinski definition) is 4. The van der Waals surface area contributed by atoms with Gasteiger partial charge in [-0.2, -0.15) is 0 Å². The average molecular weight is 354 g/mol. The van der Waals surface area contributed by atoms with Crippen LogP contribution in [0.3, 0.4) is 0 Å². The van der Waals surface area contributed by atoms with Crippen molar-refractivity contribution in [3.05, 3.63) is 48.5 Å². The molecule has 6 heteroatoms. The van der Waals surface area contributed by atoms with Crippen LogP contribution >= 0.6 is 0 Å². The second-order valence-electron chi connectivity index (χ2n) is 6.08. The highest BCUT2D eigenvalue weighted by Crippen LogP contribution is 2.15. The summed E-state index contributed by atoms with van der Waals surface area (Å²) in [6, 6.07) is 15.4. The number of benzene rings is 2. The molecule has 0 fully saturated rings. The smallest absolute Gasteiger partial charge is 0.221 e. The molecule has 2 amide bonds. The predicted octanol–water partition coefficient (Wildman–Crippen LogP) is 3.91. The van der Waals surface area contributed by atoms with E-state index in [2.05, 4.69) is 21.3 Å². The van der Waals surface area contributed by atoms with Crippen molar-refractivity contribution in [1.29, 1.82) is 0 Å². The number of hydrogen-bond donors (Lipinski definition) is 4. The van der Waals surface area contributed by atoms with Crippen molar-refractivity contribution < 1.29 is 9.59 Å². The van der Waals surface area contributed by atoms with E-state index in [9.17, 15) is 9.59 Å². The molecule has 4 N–H and O–H groups in total. The monoisotopic (exact) mass is 354 g/mol. The van der Waals surface area contributed by atoms with Gasteiger partial charge in [-0.25, -0.2) is 0 Å². The van der Waals surface area contributed by atoms with E-state index in [1.54, 1.807) is 0 Å². The summed E-state index contributed by atoms with van der Waals surface area (Å²) < 4.78 is 0. The van der Waals surface area contributed by atoms with Crippen LogP contribution in [0.1, 0.15) is 26.7 Å². The summed E-state index contributed by atoms with van der Waals surface area (Å²) in [5.41, 5.74) is 3.69. The normalized spacial score (nSPS) is 10.1. The maximum atomic E-state index is 11.0. The van der Waals surface area contributed by atoms with Gasteiger partial charge in [-0.3, -0.25) is 9.59 Å². The molecule has 0 saturated heterocycles. The lowest BCUT2D eigenvalue weighted by Gasteiger charge is -2.09. The number of amides is 2. The molecular weight excluding hydrogens is 328 g/mol. The van der Waals surface area contributed by atoms with Crippen LogP contribution in [0.15, 0.2) is 48.5 Å². The molecule has 0 aromatic heterocycles. The second-order valence-corrected chi connectivity index (χ2v) is 6.08. The third-order valence-electron chi connectivity index (χ3n) is 3.67. The van der Waals surface area contributed by atoms with Gasteiger partial charge in [0.1, 0.15) is 0 Å². The summed E-state index contributed by atoms with van der Waals surface area (Å²) in [6.45, 7) is 4.78. The van der Waals surface area contributed by atoms with E-state index in [4.69, 9.17) is 0 Å². The van der Waals surface area contributed by atoms with E-state index < -0.39 is 0 Å². The first-order valence-corrected chi connectivity index (χ1v) is 8.76. The van der Waals surface area contributed by atoms with E-state index in [-0.39, 0.29) is 11.8 Å². The molecule has 0 spiro atoms. The molecule has 6 nitrogen and oxygen atoms in total. The SMILES string of the molecule is CC(=O)Nc1ccc(NCCCCNc2ccc(NC(C)=O)cc2)cc1. The summed E-state index contributed by atoms with van der Waals surface area (Å²) in [5.74, 6) is -0.133. The first-order chi connectivity index (χ1) is 12.5. The van der Waals surface area contributed by atoms with Gasteiger partial charge in [0.25, 0.3) is 0 Å². The van der Waals surface area contributed by atoms with E-state index in [0.717, 1.165) is 48.7 Å². The zero-order valence-electron chi connectivity index (χ0n) is 15.3. The Labute approximate surface area is 154 Å². The summed E-state index contributed by atoms with van der Waals surface area (Å²) in [4.78, 5) is 22.0. The highest BCUT2D eigenvalue weighted by molar-refractivity contribution is 5.89. The number of unbranched alkanes of at least 4 members (excludes halogenated alkanes) is 1. The van der Waals surface area contributed by atoms with Crippen LogP contribution in [0.2, 0.25) is 0 Å². The lowest BCUT2D eigenvalue weighted by molar-refractivity contribution is -0.115. The Morgan fingerprint density at radius 1 is 0.615 bits per heavy atom. The Morgan fingerprint density at radius 3 is 1.23 bits per heavy atom. The minimum atomic E-state index is -0.0667. The zero-order valence-corrected chi connectivity index (χ0v) is 15.3. The van der Waals surface area contributed by atoms with Crippen LogP contribution in [0.5, 0.6) is 0 Å². The third-order valence-corrected chi connectivity index (χ3v) is 3.67. The molecule has 0 radical (unpaired) electrons. The first kappa shape index (κ1) is 19.3. The van der Waals surface area contributed by atoms with Gasteiger partial charge in [0.05, 0.1) is 0 Å². The minimum Gasteiger partial charge on any atom is -0.385 e. The molecule has 0 bridgehead atoms. The van der Waals surface area contributed by atoms with Gasteiger partial charge >= 0.3 is 0 Å². The van der Waals surface area contributed by atoms with Crippen LogP contribution in [0, 0.1) is 0 Å². The van der Waals surface area contributed by atoms with Gasteiger partial charge in [-0.05, 0) is 61.4 Å².